The van der Waals surface area contributed by atoms with Crippen molar-refractivity contribution in [2.45, 2.75) is 83.3 Å². The SMILES string of the molecule is CO[C@H]1/C=C/CCC[S@@](=O)(CC(=O)CCn2nccc2C)=NC(=O)c2ccc3c(c2)N(C[C@@H]2CC[C@H]21)C[C@@]1(CCCc2cc(C)ccc21)CO3. The van der Waals surface area contributed by atoms with Crippen molar-refractivity contribution in [1.29, 1.82) is 0 Å². The van der Waals surface area contributed by atoms with Gasteiger partial charge in [0.05, 0.1) is 33.9 Å². The van der Waals surface area contributed by atoms with Gasteiger partial charge < -0.3 is 14.4 Å². The Bertz CT molecular complexity index is 1910. The summed E-state index contributed by atoms with van der Waals surface area (Å²) in [5, 5.41) is 4.26. The number of nitrogens with zero attached hydrogens (tertiary/aromatic N) is 4. The smallest absolute Gasteiger partial charge is 0.285 e. The van der Waals surface area contributed by atoms with Crippen LogP contribution in [0.2, 0.25) is 0 Å². The third-order valence-electron chi connectivity index (χ3n) is 11.4. The van der Waals surface area contributed by atoms with Crippen LogP contribution in [0.15, 0.2) is 65.2 Å². The van der Waals surface area contributed by atoms with Gasteiger partial charge in [-0.3, -0.25) is 14.3 Å². The molecule has 2 bridgehead atoms. The molecule has 5 atom stereocenters. The molecule has 10 heteroatoms. The summed E-state index contributed by atoms with van der Waals surface area (Å²) >= 11 is 0. The first-order valence-electron chi connectivity index (χ1n) is 18.2. The van der Waals surface area contributed by atoms with Gasteiger partial charge in [0.15, 0.2) is 0 Å². The highest BCUT2D eigenvalue weighted by molar-refractivity contribution is 7.94. The monoisotopic (exact) mass is 698 g/mol. The number of methoxy groups -OCH3 is 1. The lowest BCUT2D eigenvalue weighted by atomic mass is 9.68. The molecule has 1 aromatic heterocycles. The number of carbonyl (C=O) groups excluding carboxylic acids is 2. The number of rotatable bonds is 6. The Morgan fingerprint density at radius 2 is 2.00 bits per heavy atom. The summed E-state index contributed by atoms with van der Waals surface area (Å²) in [5.74, 6) is 0.749. The van der Waals surface area contributed by atoms with Crippen molar-refractivity contribution in [3.63, 3.8) is 0 Å². The maximum absolute atomic E-state index is 14.4. The molecule has 3 aromatic rings. The lowest BCUT2D eigenvalue weighted by Crippen LogP contribution is -2.49. The highest BCUT2D eigenvalue weighted by atomic mass is 32.2. The quantitative estimate of drug-likeness (QED) is 0.266. The van der Waals surface area contributed by atoms with Crippen LogP contribution < -0.4 is 9.64 Å². The highest BCUT2D eigenvalue weighted by Crippen LogP contribution is 2.47. The van der Waals surface area contributed by atoms with Crippen molar-refractivity contribution >= 4 is 27.1 Å². The first-order valence-corrected chi connectivity index (χ1v) is 20.1. The average Bonchev–Trinajstić information content (AvgIpc) is 3.43. The molecule has 1 fully saturated rings. The second-order valence-electron chi connectivity index (χ2n) is 14.9. The van der Waals surface area contributed by atoms with Gasteiger partial charge in [-0.2, -0.15) is 9.46 Å². The molecular formula is C40H50N4O5S. The molecule has 0 N–H and O–H groups in total. The molecule has 7 rings (SSSR count). The number of ether oxygens (including phenoxy) is 2. The Kier molecular flexibility index (Phi) is 10.0. The molecule has 1 amide bonds. The van der Waals surface area contributed by atoms with Gasteiger partial charge in [0.2, 0.25) is 0 Å². The Hall–Kier alpha value is -3.76. The number of hydrogen-bond donors (Lipinski definition) is 0. The highest BCUT2D eigenvalue weighted by Gasteiger charge is 2.44. The summed E-state index contributed by atoms with van der Waals surface area (Å²) in [7, 11) is -1.37. The molecule has 4 aliphatic rings. The van der Waals surface area contributed by atoms with E-state index in [0.29, 0.717) is 43.4 Å². The Balaban J connectivity index is 1.24. The van der Waals surface area contributed by atoms with Gasteiger partial charge in [0.25, 0.3) is 5.91 Å². The predicted octanol–water partition coefficient (Wildman–Crippen LogP) is 6.63. The number of anilines is 1. The van der Waals surface area contributed by atoms with E-state index in [1.165, 1.54) is 16.7 Å². The van der Waals surface area contributed by atoms with E-state index in [1.54, 1.807) is 24.1 Å². The van der Waals surface area contributed by atoms with Crippen LogP contribution in [0.3, 0.4) is 0 Å². The molecule has 0 saturated heterocycles. The molecule has 1 saturated carbocycles. The number of ketones is 1. The number of hydrogen-bond acceptors (Lipinski definition) is 7. The van der Waals surface area contributed by atoms with E-state index in [4.69, 9.17) is 9.47 Å². The van der Waals surface area contributed by atoms with Crippen molar-refractivity contribution in [3.8, 4) is 5.75 Å². The molecule has 2 aliphatic heterocycles. The van der Waals surface area contributed by atoms with Crippen LogP contribution in [0.1, 0.15) is 77.7 Å². The van der Waals surface area contributed by atoms with Gasteiger partial charge in [-0.15, -0.1) is 0 Å². The Morgan fingerprint density at radius 3 is 2.78 bits per heavy atom. The average molecular weight is 699 g/mol. The predicted molar refractivity (Wildman–Crippen MR) is 197 cm³/mol. The van der Waals surface area contributed by atoms with E-state index in [1.807, 2.05) is 25.1 Å². The number of fused-ring (bicyclic) bond motifs is 4. The summed E-state index contributed by atoms with van der Waals surface area (Å²) in [6.07, 6.45) is 12.8. The van der Waals surface area contributed by atoms with E-state index in [2.05, 4.69) is 51.6 Å². The second kappa shape index (κ2) is 14.5. The zero-order valence-electron chi connectivity index (χ0n) is 29.6. The van der Waals surface area contributed by atoms with E-state index in [0.717, 1.165) is 62.3 Å². The van der Waals surface area contributed by atoms with E-state index in [9.17, 15) is 13.8 Å². The standard InChI is InChI=1S/C40H50N4O5S/c1-28-10-14-35-30(22-28)8-7-18-40(35)26-43-24-32-11-13-34(32)37(48-3)9-5-4-6-21-50(47,25-33(45)17-20-44-29(2)16-19-41-44)42-39(46)31-12-15-38(49-27-40)36(43)23-31/h5,9-10,12,14-16,19,22-23,32,34,37H,4,6-8,11,13,17-18,20-21,24-27H2,1-3H3/b9-5+/t32-,34+,37-,40-,50+/m0/s1. The molecule has 266 valence electrons. The van der Waals surface area contributed by atoms with Gasteiger partial charge in [-0.1, -0.05) is 35.9 Å². The van der Waals surface area contributed by atoms with Crippen LogP contribution in [-0.2, 0) is 37.6 Å². The van der Waals surface area contributed by atoms with Gasteiger partial charge in [-0.25, -0.2) is 4.21 Å². The minimum atomic E-state index is -3.16. The summed E-state index contributed by atoms with van der Waals surface area (Å²) in [6.45, 7) is 6.66. The summed E-state index contributed by atoms with van der Waals surface area (Å²) < 4.78 is 33.2. The van der Waals surface area contributed by atoms with Crippen LogP contribution in [0.25, 0.3) is 0 Å². The van der Waals surface area contributed by atoms with Crippen LogP contribution in [0.5, 0.6) is 5.75 Å². The zero-order valence-corrected chi connectivity index (χ0v) is 30.5. The molecule has 50 heavy (non-hydrogen) atoms. The molecule has 0 radical (unpaired) electrons. The third kappa shape index (κ3) is 7.19. The van der Waals surface area contributed by atoms with Gasteiger partial charge in [0.1, 0.15) is 11.5 Å². The zero-order chi connectivity index (χ0) is 34.9. The van der Waals surface area contributed by atoms with Gasteiger partial charge in [-0.05, 0) is 106 Å². The van der Waals surface area contributed by atoms with Gasteiger partial charge >= 0.3 is 0 Å². The summed E-state index contributed by atoms with van der Waals surface area (Å²) in [4.78, 5) is 29.6. The minimum Gasteiger partial charge on any atom is -0.490 e. The number of Topliss-reactive ketones (excluding diaryl/α,β-unsaturated/α-hetero) is 1. The van der Waals surface area contributed by atoms with Crippen LogP contribution >= 0.6 is 0 Å². The topological polar surface area (TPSA) is 103 Å². The molecule has 2 aliphatic carbocycles. The molecule has 2 aromatic carbocycles. The fraction of sp³-hybridized carbons (Fsp3) is 0.525. The van der Waals surface area contributed by atoms with Crippen LogP contribution in [0, 0.1) is 25.7 Å². The number of allylic oxidation sites excluding steroid dienone is 1. The van der Waals surface area contributed by atoms with E-state index in [-0.39, 0.29) is 35.2 Å². The van der Waals surface area contributed by atoms with E-state index >= 15 is 0 Å². The van der Waals surface area contributed by atoms with Crippen LogP contribution in [-0.4, -0.2) is 70.1 Å². The van der Waals surface area contributed by atoms with Gasteiger partial charge in [0, 0.05) is 61.8 Å². The number of aryl methyl sites for hydroxylation is 4. The van der Waals surface area contributed by atoms with Crippen molar-refractivity contribution < 1.29 is 23.3 Å². The second-order valence-corrected chi connectivity index (χ2v) is 17.3. The maximum atomic E-state index is 14.4. The Labute approximate surface area is 296 Å². The maximum Gasteiger partial charge on any atom is 0.285 e. The summed E-state index contributed by atoms with van der Waals surface area (Å²) in [5.41, 5.74) is 6.07. The normalized spacial score (nSPS) is 28.7. The van der Waals surface area contributed by atoms with Crippen molar-refractivity contribution in [3.05, 3.63) is 88.8 Å². The molecular weight excluding hydrogens is 649 g/mol. The number of benzene rings is 2. The third-order valence-corrected chi connectivity index (χ3v) is 13.6. The lowest BCUT2D eigenvalue weighted by molar-refractivity contribution is -0.116. The fourth-order valence-electron chi connectivity index (χ4n) is 8.54. The minimum absolute atomic E-state index is 0.00835. The number of aromatic nitrogens is 2. The van der Waals surface area contributed by atoms with Crippen molar-refractivity contribution in [2.75, 3.05) is 43.2 Å². The largest absolute Gasteiger partial charge is 0.490 e. The van der Waals surface area contributed by atoms with Crippen molar-refractivity contribution in [2.24, 2.45) is 16.2 Å². The molecule has 1 spiro atoms. The fourth-order valence-corrected chi connectivity index (χ4v) is 10.5. The number of amides is 1. The number of carbonyl (C=O) groups is 2. The molecule has 9 nitrogen and oxygen atoms in total. The summed E-state index contributed by atoms with van der Waals surface area (Å²) in [6, 6.07) is 14.2. The Morgan fingerprint density at radius 1 is 1.12 bits per heavy atom. The van der Waals surface area contributed by atoms with Crippen molar-refractivity contribution in [1.82, 2.24) is 9.78 Å². The van der Waals surface area contributed by atoms with Crippen LogP contribution in [0.4, 0.5) is 5.69 Å². The molecule has 3 heterocycles. The van der Waals surface area contributed by atoms with E-state index < -0.39 is 15.6 Å². The lowest BCUT2D eigenvalue weighted by Gasteiger charge is -2.46. The first-order chi connectivity index (χ1) is 24.1. The first kappa shape index (κ1) is 34.7. The molecule has 0 unspecified atom stereocenters.